The molecule has 2 nitrogen and oxygen atoms in total. The van der Waals surface area contributed by atoms with Crippen LogP contribution in [0.15, 0.2) is 18.2 Å². The van der Waals surface area contributed by atoms with Crippen LogP contribution in [0.1, 0.15) is 16.8 Å². The van der Waals surface area contributed by atoms with E-state index in [4.69, 9.17) is 0 Å². The van der Waals surface area contributed by atoms with E-state index in [1.165, 1.54) is 6.07 Å². The van der Waals surface area contributed by atoms with Gasteiger partial charge >= 0.3 is 0 Å². The first-order valence-electron chi connectivity index (χ1n) is 5.39. The molecule has 0 amide bonds. The van der Waals surface area contributed by atoms with E-state index >= 15 is 0 Å². The van der Waals surface area contributed by atoms with Crippen molar-refractivity contribution < 1.29 is 9.18 Å². The lowest BCUT2D eigenvalue weighted by Gasteiger charge is -2.24. The second-order valence-electron chi connectivity index (χ2n) is 3.75. The molecule has 0 saturated carbocycles. The van der Waals surface area contributed by atoms with Gasteiger partial charge in [0.1, 0.15) is 5.82 Å². The highest BCUT2D eigenvalue weighted by Gasteiger charge is 2.17. The van der Waals surface area contributed by atoms with Gasteiger partial charge in [-0.3, -0.25) is 4.79 Å². The van der Waals surface area contributed by atoms with E-state index in [1.54, 1.807) is 12.1 Å². The molecule has 0 radical (unpaired) electrons. The van der Waals surface area contributed by atoms with Crippen molar-refractivity contribution in [2.24, 2.45) is 0 Å². The van der Waals surface area contributed by atoms with E-state index in [0.717, 1.165) is 37.3 Å². The zero-order chi connectivity index (χ0) is 11.4. The van der Waals surface area contributed by atoms with Crippen LogP contribution < -0.4 is 4.90 Å². The Morgan fingerprint density at radius 1 is 1.31 bits per heavy atom. The summed E-state index contributed by atoms with van der Waals surface area (Å²) in [6, 6.07) is 4.67. The minimum Gasteiger partial charge on any atom is -0.368 e. The van der Waals surface area contributed by atoms with Crippen LogP contribution in [0, 0.1) is 5.82 Å². The number of anilines is 1. The summed E-state index contributed by atoms with van der Waals surface area (Å²) < 4.78 is 13.7. The summed E-state index contributed by atoms with van der Waals surface area (Å²) >= 11 is 1.88. The third-order valence-electron chi connectivity index (χ3n) is 2.68. The predicted octanol–water partition coefficient (Wildman–Crippen LogP) is 2.58. The number of carbonyl (C=O) groups excluding carboxylic acids is 1. The maximum Gasteiger partial charge on any atom is 0.152 e. The van der Waals surface area contributed by atoms with E-state index < -0.39 is 0 Å². The Kier molecular flexibility index (Phi) is 3.83. The van der Waals surface area contributed by atoms with Crippen LogP contribution in [0.2, 0.25) is 0 Å². The Morgan fingerprint density at radius 2 is 2.19 bits per heavy atom. The lowest BCUT2D eigenvalue weighted by atomic mass is 10.1. The molecule has 0 aromatic heterocycles. The van der Waals surface area contributed by atoms with Gasteiger partial charge in [-0.15, -0.1) is 0 Å². The molecule has 1 saturated heterocycles. The molecule has 0 bridgehead atoms. The topological polar surface area (TPSA) is 20.3 Å². The molecule has 1 aromatic rings. The molecule has 0 aliphatic carbocycles. The molecule has 1 fully saturated rings. The third kappa shape index (κ3) is 2.38. The number of thioether (sulfide) groups is 1. The molecule has 16 heavy (non-hydrogen) atoms. The molecule has 0 atom stereocenters. The highest BCUT2D eigenvalue weighted by molar-refractivity contribution is 7.99. The maximum atomic E-state index is 13.7. The molecule has 1 aliphatic rings. The van der Waals surface area contributed by atoms with Crippen molar-refractivity contribution in [3.05, 3.63) is 29.6 Å². The SMILES string of the molecule is O=Cc1cccc(F)c1N1CCCSCC1. The Balaban J connectivity index is 2.33. The molecule has 1 aliphatic heterocycles. The average molecular weight is 239 g/mol. The first kappa shape index (κ1) is 11.5. The number of rotatable bonds is 2. The molecule has 0 N–H and O–H groups in total. The van der Waals surface area contributed by atoms with Gasteiger partial charge in [0.2, 0.25) is 0 Å². The molecular weight excluding hydrogens is 225 g/mol. The van der Waals surface area contributed by atoms with Gasteiger partial charge in [0.25, 0.3) is 0 Å². The second kappa shape index (κ2) is 5.34. The fourth-order valence-electron chi connectivity index (χ4n) is 1.93. The van der Waals surface area contributed by atoms with Gasteiger partial charge in [-0.05, 0) is 24.3 Å². The van der Waals surface area contributed by atoms with Crippen molar-refractivity contribution in [1.29, 1.82) is 0 Å². The zero-order valence-electron chi connectivity index (χ0n) is 8.99. The second-order valence-corrected chi connectivity index (χ2v) is 4.97. The van der Waals surface area contributed by atoms with Gasteiger partial charge < -0.3 is 4.90 Å². The standard InChI is InChI=1S/C12H14FNOS/c13-11-4-1-3-10(9-15)12(11)14-5-2-7-16-8-6-14/h1,3-4,9H,2,5-8H2. The Labute approximate surface area is 98.8 Å². The first-order chi connectivity index (χ1) is 7.83. The predicted molar refractivity (Wildman–Crippen MR) is 65.9 cm³/mol. The highest BCUT2D eigenvalue weighted by Crippen LogP contribution is 2.25. The minimum absolute atomic E-state index is 0.295. The molecule has 0 unspecified atom stereocenters. The number of para-hydroxylation sites is 1. The highest BCUT2D eigenvalue weighted by atomic mass is 32.2. The zero-order valence-corrected chi connectivity index (χ0v) is 9.80. The molecule has 1 aromatic carbocycles. The quantitative estimate of drug-likeness (QED) is 0.740. The summed E-state index contributed by atoms with van der Waals surface area (Å²) in [5.41, 5.74) is 0.923. The molecule has 4 heteroatoms. The van der Waals surface area contributed by atoms with Crippen molar-refractivity contribution in [3.8, 4) is 0 Å². The van der Waals surface area contributed by atoms with E-state index in [0.29, 0.717) is 11.3 Å². The Morgan fingerprint density at radius 3 is 3.00 bits per heavy atom. The summed E-state index contributed by atoms with van der Waals surface area (Å²) in [6.07, 6.45) is 1.77. The number of hydrogen-bond acceptors (Lipinski definition) is 3. The summed E-state index contributed by atoms with van der Waals surface area (Å²) in [5, 5.41) is 0. The van der Waals surface area contributed by atoms with E-state index in [-0.39, 0.29) is 5.82 Å². The fourth-order valence-corrected chi connectivity index (χ4v) is 2.82. The molecule has 0 spiro atoms. The van der Waals surface area contributed by atoms with Gasteiger partial charge in [0, 0.05) is 24.4 Å². The third-order valence-corrected chi connectivity index (χ3v) is 3.73. The van der Waals surface area contributed by atoms with Gasteiger partial charge in [-0.25, -0.2) is 4.39 Å². The molecule has 2 rings (SSSR count). The number of benzene rings is 1. The fraction of sp³-hybridized carbons (Fsp3) is 0.417. The van der Waals surface area contributed by atoms with Gasteiger partial charge in [-0.2, -0.15) is 11.8 Å². The summed E-state index contributed by atoms with van der Waals surface area (Å²) in [6.45, 7) is 1.64. The van der Waals surface area contributed by atoms with Crippen molar-refractivity contribution in [2.45, 2.75) is 6.42 Å². The van der Waals surface area contributed by atoms with Crippen molar-refractivity contribution in [2.75, 3.05) is 29.5 Å². The number of aldehydes is 1. The van der Waals surface area contributed by atoms with E-state index in [2.05, 4.69) is 0 Å². The summed E-state index contributed by atoms with van der Waals surface area (Å²) in [7, 11) is 0. The van der Waals surface area contributed by atoms with Gasteiger partial charge in [0.15, 0.2) is 6.29 Å². The van der Waals surface area contributed by atoms with Crippen molar-refractivity contribution in [3.63, 3.8) is 0 Å². The van der Waals surface area contributed by atoms with Crippen LogP contribution >= 0.6 is 11.8 Å². The van der Waals surface area contributed by atoms with E-state index in [9.17, 15) is 9.18 Å². The van der Waals surface area contributed by atoms with Crippen molar-refractivity contribution in [1.82, 2.24) is 0 Å². The summed E-state index contributed by atoms with van der Waals surface area (Å²) in [5.74, 6) is 1.81. The Hall–Kier alpha value is -1.03. The van der Waals surface area contributed by atoms with Crippen LogP contribution in [0.25, 0.3) is 0 Å². The smallest absolute Gasteiger partial charge is 0.152 e. The normalized spacial score (nSPS) is 16.9. The Bertz CT molecular complexity index is 375. The van der Waals surface area contributed by atoms with Crippen LogP contribution in [0.4, 0.5) is 10.1 Å². The van der Waals surface area contributed by atoms with Crippen LogP contribution in [-0.2, 0) is 0 Å². The van der Waals surface area contributed by atoms with Crippen LogP contribution in [0.3, 0.4) is 0 Å². The van der Waals surface area contributed by atoms with E-state index in [1.807, 2.05) is 16.7 Å². The largest absolute Gasteiger partial charge is 0.368 e. The number of hydrogen-bond donors (Lipinski definition) is 0. The number of halogens is 1. The average Bonchev–Trinajstić information content (AvgIpc) is 2.57. The summed E-state index contributed by atoms with van der Waals surface area (Å²) in [4.78, 5) is 12.9. The van der Waals surface area contributed by atoms with Gasteiger partial charge in [0.05, 0.1) is 5.69 Å². The lowest BCUT2D eigenvalue weighted by Crippen LogP contribution is -2.27. The minimum atomic E-state index is -0.295. The number of carbonyl (C=O) groups is 1. The first-order valence-corrected chi connectivity index (χ1v) is 6.55. The van der Waals surface area contributed by atoms with Crippen LogP contribution in [-0.4, -0.2) is 30.9 Å². The number of nitrogens with zero attached hydrogens (tertiary/aromatic N) is 1. The lowest BCUT2D eigenvalue weighted by molar-refractivity contribution is 0.112. The van der Waals surface area contributed by atoms with Crippen LogP contribution in [0.5, 0.6) is 0 Å². The monoisotopic (exact) mass is 239 g/mol. The molecule has 1 heterocycles. The van der Waals surface area contributed by atoms with Gasteiger partial charge in [-0.1, -0.05) is 6.07 Å². The molecule has 86 valence electrons. The van der Waals surface area contributed by atoms with Crippen molar-refractivity contribution >= 4 is 23.7 Å². The molecular formula is C12H14FNOS. The maximum absolute atomic E-state index is 13.7.